The van der Waals surface area contributed by atoms with E-state index in [-0.39, 0.29) is 10.9 Å². The van der Waals surface area contributed by atoms with Gasteiger partial charge in [0.25, 0.3) is 10.1 Å². The van der Waals surface area contributed by atoms with Crippen molar-refractivity contribution in [3.8, 4) is 0 Å². The normalized spacial score (nSPS) is 11.4. The zero-order valence-electron chi connectivity index (χ0n) is 9.64. The number of carbonyl (C=O) groups is 2. The fourth-order valence-corrected chi connectivity index (χ4v) is 2.23. The third-order valence-corrected chi connectivity index (χ3v) is 3.43. The first-order chi connectivity index (χ1) is 9.21. The lowest BCUT2D eigenvalue weighted by atomic mass is 10.0. The van der Waals surface area contributed by atoms with Crippen molar-refractivity contribution in [2.24, 2.45) is 0 Å². The van der Waals surface area contributed by atoms with Gasteiger partial charge in [0.05, 0.1) is 21.5 Å². The van der Waals surface area contributed by atoms with Gasteiger partial charge in [0, 0.05) is 11.6 Å². The van der Waals surface area contributed by atoms with E-state index < -0.39 is 38.1 Å². The van der Waals surface area contributed by atoms with E-state index >= 15 is 0 Å². The number of nitrogens with zero attached hydrogens (tertiary/aromatic N) is 1. The standard InChI is InChI=1S/C11H7NO7S/c13-10(14)7-4-12-8-2-1-5(20(17,18)19)3-6(8)9(7)11(15)16/h1-4H,(H,13,14)(H,15,16)(H,17,18,19). The minimum atomic E-state index is -4.54. The molecule has 2 aromatic rings. The number of aromatic carboxylic acids is 2. The zero-order chi connectivity index (χ0) is 15.1. The molecule has 8 nitrogen and oxygen atoms in total. The molecule has 1 heterocycles. The lowest BCUT2D eigenvalue weighted by Gasteiger charge is -2.07. The summed E-state index contributed by atoms with van der Waals surface area (Å²) < 4.78 is 31.0. The lowest BCUT2D eigenvalue weighted by Crippen LogP contribution is -2.10. The van der Waals surface area contributed by atoms with E-state index in [4.69, 9.17) is 14.8 Å². The highest BCUT2D eigenvalue weighted by Crippen LogP contribution is 2.24. The van der Waals surface area contributed by atoms with Crippen LogP contribution in [0.1, 0.15) is 20.7 Å². The molecule has 0 saturated heterocycles. The Morgan fingerprint density at radius 2 is 1.75 bits per heavy atom. The fourth-order valence-electron chi connectivity index (χ4n) is 1.72. The van der Waals surface area contributed by atoms with Crippen LogP contribution in [-0.4, -0.2) is 40.1 Å². The van der Waals surface area contributed by atoms with E-state index in [1.165, 1.54) is 6.07 Å². The molecule has 0 amide bonds. The fraction of sp³-hybridized carbons (Fsp3) is 0. The van der Waals surface area contributed by atoms with Crippen LogP contribution >= 0.6 is 0 Å². The van der Waals surface area contributed by atoms with Crippen molar-refractivity contribution in [3.63, 3.8) is 0 Å². The molecule has 0 radical (unpaired) electrons. The lowest BCUT2D eigenvalue weighted by molar-refractivity contribution is 0.0653. The van der Waals surface area contributed by atoms with Gasteiger partial charge in [-0.05, 0) is 18.2 Å². The zero-order valence-corrected chi connectivity index (χ0v) is 10.5. The van der Waals surface area contributed by atoms with Crippen LogP contribution in [0.5, 0.6) is 0 Å². The van der Waals surface area contributed by atoms with Crippen LogP contribution in [0.25, 0.3) is 10.9 Å². The van der Waals surface area contributed by atoms with Crippen LogP contribution in [0.3, 0.4) is 0 Å². The molecule has 9 heteroatoms. The number of pyridine rings is 1. The number of hydrogen-bond acceptors (Lipinski definition) is 5. The smallest absolute Gasteiger partial charge is 0.338 e. The van der Waals surface area contributed by atoms with Crippen molar-refractivity contribution >= 4 is 33.0 Å². The molecule has 0 aliphatic rings. The maximum atomic E-state index is 11.2. The van der Waals surface area contributed by atoms with E-state index in [1.807, 2.05) is 0 Å². The SMILES string of the molecule is O=C(O)c1cnc2ccc(S(=O)(=O)O)cc2c1C(=O)O. The number of carboxylic acid groups (broad SMARTS) is 2. The summed E-state index contributed by atoms with van der Waals surface area (Å²) in [6.45, 7) is 0. The minimum absolute atomic E-state index is 0.0970. The van der Waals surface area contributed by atoms with Crippen molar-refractivity contribution in [1.82, 2.24) is 4.98 Å². The monoisotopic (exact) mass is 297 g/mol. The van der Waals surface area contributed by atoms with Crippen molar-refractivity contribution in [2.75, 3.05) is 0 Å². The third kappa shape index (κ3) is 2.31. The second-order valence-corrected chi connectivity index (χ2v) is 5.23. The van der Waals surface area contributed by atoms with Gasteiger partial charge >= 0.3 is 11.9 Å². The van der Waals surface area contributed by atoms with E-state index in [2.05, 4.69) is 4.98 Å². The number of carboxylic acids is 2. The molecule has 0 saturated carbocycles. The average molecular weight is 297 g/mol. The Balaban J connectivity index is 2.94. The van der Waals surface area contributed by atoms with Crippen molar-refractivity contribution in [3.05, 3.63) is 35.5 Å². The summed E-state index contributed by atoms with van der Waals surface area (Å²) in [5.41, 5.74) is -1.06. The van der Waals surface area contributed by atoms with E-state index in [0.717, 1.165) is 18.3 Å². The molecule has 20 heavy (non-hydrogen) atoms. The molecule has 0 bridgehead atoms. The average Bonchev–Trinajstić information content (AvgIpc) is 2.35. The van der Waals surface area contributed by atoms with Gasteiger partial charge in [0.2, 0.25) is 0 Å². The summed E-state index contributed by atoms with van der Waals surface area (Å²) in [5, 5.41) is 17.8. The number of fused-ring (bicyclic) bond motifs is 1. The molecule has 104 valence electrons. The van der Waals surface area contributed by atoms with E-state index in [1.54, 1.807) is 0 Å². The first-order valence-corrected chi connectivity index (χ1v) is 6.52. The summed E-state index contributed by atoms with van der Waals surface area (Å²) in [5.74, 6) is -3.05. The van der Waals surface area contributed by atoms with Crippen LogP contribution in [0.15, 0.2) is 29.3 Å². The molecule has 0 fully saturated rings. The number of aromatic nitrogens is 1. The number of hydrogen-bond donors (Lipinski definition) is 3. The van der Waals surface area contributed by atoms with Crippen LogP contribution in [0.4, 0.5) is 0 Å². The molecule has 0 unspecified atom stereocenters. The van der Waals surface area contributed by atoms with E-state index in [9.17, 15) is 18.0 Å². The summed E-state index contributed by atoms with van der Waals surface area (Å²) in [6.07, 6.45) is 0.876. The molecular weight excluding hydrogens is 290 g/mol. The molecule has 0 aliphatic carbocycles. The largest absolute Gasteiger partial charge is 0.478 e. The second-order valence-electron chi connectivity index (χ2n) is 3.81. The summed E-state index contributed by atoms with van der Waals surface area (Å²) >= 11 is 0. The minimum Gasteiger partial charge on any atom is -0.478 e. The van der Waals surface area contributed by atoms with Crippen LogP contribution < -0.4 is 0 Å². The maximum Gasteiger partial charge on any atom is 0.338 e. The Labute approximate surface area is 112 Å². The predicted octanol–water partition coefficient (Wildman–Crippen LogP) is 0.878. The van der Waals surface area contributed by atoms with Gasteiger partial charge < -0.3 is 10.2 Å². The Kier molecular flexibility index (Phi) is 3.16. The van der Waals surface area contributed by atoms with E-state index in [0.29, 0.717) is 0 Å². The Morgan fingerprint density at radius 3 is 2.25 bits per heavy atom. The third-order valence-electron chi connectivity index (χ3n) is 2.58. The Bertz CT molecular complexity index is 841. The maximum absolute atomic E-state index is 11.2. The second kappa shape index (κ2) is 4.54. The highest BCUT2D eigenvalue weighted by atomic mass is 32.2. The first-order valence-electron chi connectivity index (χ1n) is 5.08. The molecule has 0 atom stereocenters. The summed E-state index contributed by atoms with van der Waals surface area (Å²) in [6, 6.07) is 3.08. The predicted molar refractivity (Wildman–Crippen MR) is 65.5 cm³/mol. The van der Waals surface area contributed by atoms with Crippen LogP contribution in [0.2, 0.25) is 0 Å². The first kappa shape index (κ1) is 13.9. The van der Waals surface area contributed by atoms with Gasteiger partial charge in [-0.3, -0.25) is 9.54 Å². The van der Waals surface area contributed by atoms with Gasteiger partial charge in [-0.25, -0.2) is 9.59 Å². The Morgan fingerprint density at radius 1 is 1.10 bits per heavy atom. The molecular formula is C11H7NO7S. The topological polar surface area (TPSA) is 142 Å². The molecule has 1 aromatic heterocycles. The van der Waals surface area contributed by atoms with Crippen molar-refractivity contribution < 1.29 is 32.8 Å². The molecule has 3 N–H and O–H groups in total. The number of benzene rings is 1. The highest BCUT2D eigenvalue weighted by molar-refractivity contribution is 7.85. The van der Waals surface area contributed by atoms with Gasteiger partial charge in [0.15, 0.2) is 0 Å². The van der Waals surface area contributed by atoms with Crippen LogP contribution in [-0.2, 0) is 10.1 Å². The Hall–Kier alpha value is -2.52. The summed E-state index contributed by atoms with van der Waals surface area (Å²) in [4.78, 5) is 25.4. The quantitative estimate of drug-likeness (QED) is 0.708. The summed E-state index contributed by atoms with van der Waals surface area (Å²) in [7, 11) is -4.54. The molecule has 1 aromatic carbocycles. The molecule has 0 spiro atoms. The van der Waals surface area contributed by atoms with Crippen molar-refractivity contribution in [2.45, 2.75) is 4.90 Å². The van der Waals surface area contributed by atoms with Gasteiger partial charge in [-0.2, -0.15) is 8.42 Å². The van der Waals surface area contributed by atoms with Crippen LogP contribution in [0, 0.1) is 0 Å². The van der Waals surface area contributed by atoms with Gasteiger partial charge in [-0.1, -0.05) is 0 Å². The molecule has 0 aliphatic heterocycles. The number of rotatable bonds is 3. The molecule has 2 rings (SSSR count). The highest BCUT2D eigenvalue weighted by Gasteiger charge is 2.21. The van der Waals surface area contributed by atoms with Crippen molar-refractivity contribution in [1.29, 1.82) is 0 Å². The van der Waals surface area contributed by atoms with Gasteiger partial charge in [-0.15, -0.1) is 0 Å². The van der Waals surface area contributed by atoms with Gasteiger partial charge in [0.1, 0.15) is 0 Å².